The number of hydrogen-bond donors (Lipinski definition) is 2. The molecule has 0 bridgehead atoms. The number of nitrogens with zero attached hydrogens (tertiary/aromatic N) is 2. The Kier molecular flexibility index (Phi) is 5.67. The molecule has 2 heterocycles. The van der Waals surface area contributed by atoms with E-state index in [4.69, 9.17) is 0 Å². The monoisotopic (exact) mass is 337 g/mol. The molecule has 1 saturated heterocycles. The van der Waals surface area contributed by atoms with Gasteiger partial charge in [0.15, 0.2) is 0 Å². The van der Waals surface area contributed by atoms with Crippen LogP contribution in [0.1, 0.15) is 42.8 Å². The van der Waals surface area contributed by atoms with Crippen molar-refractivity contribution in [3.8, 4) is 0 Å². The summed E-state index contributed by atoms with van der Waals surface area (Å²) >= 11 is 1.71. The quantitative estimate of drug-likeness (QED) is 0.862. The predicted octanol–water partition coefficient (Wildman–Crippen LogP) is 1.94. The number of carbonyl (C=O) groups is 1. The van der Waals surface area contributed by atoms with E-state index in [0.29, 0.717) is 5.92 Å². The molecule has 1 aromatic heterocycles. The highest BCUT2D eigenvalue weighted by Gasteiger charge is 2.31. The van der Waals surface area contributed by atoms with Crippen LogP contribution in [-0.2, 0) is 11.3 Å². The van der Waals surface area contributed by atoms with E-state index in [9.17, 15) is 9.90 Å². The molecular formula is C17H27N3O2S. The number of aromatic nitrogens is 1. The van der Waals surface area contributed by atoms with Gasteiger partial charge in [-0.15, -0.1) is 11.3 Å². The molecule has 2 unspecified atom stereocenters. The van der Waals surface area contributed by atoms with E-state index >= 15 is 0 Å². The molecule has 0 radical (unpaired) electrons. The first-order valence-corrected chi connectivity index (χ1v) is 9.59. The first kappa shape index (κ1) is 16.9. The molecule has 128 valence electrons. The minimum absolute atomic E-state index is 0.0513. The Balaban J connectivity index is 1.36. The molecule has 1 aliphatic carbocycles. The second kappa shape index (κ2) is 7.73. The number of piperidine rings is 1. The lowest BCUT2D eigenvalue weighted by Crippen LogP contribution is -2.41. The van der Waals surface area contributed by atoms with Crippen LogP contribution < -0.4 is 5.32 Å². The Morgan fingerprint density at radius 2 is 2.17 bits per heavy atom. The van der Waals surface area contributed by atoms with Crippen molar-refractivity contribution in [2.24, 2.45) is 11.8 Å². The number of amides is 1. The zero-order chi connectivity index (χ0) is 16.2. The van der Waals surface area contributed by atoms with E-state index in [1.807, 2.05) is 6.92 Å². The topological polar surface area (TPSA) is 65.5 Å². The van der Waals surface area contributed by atoms with Gasteiger partial charge in [-0.3, -0.25) is 9.69 Å². The number of rotatable bonds is 5. The maximum absolute atomic E-state index is 12.1. The van der Waals surface area contributed by atoms with Gasteiger partial charge in [0.1, 0.15) is 0 Å². The predicted molar refractivity (Wildman–Crippen MR) is 91.2 cm³/mol. The number of aryl methyl sites for hydroxylation is 1. The molecule has 23 heavy (non-hydrogen) atoms. The van der Waals surface area contributed by atoms with E-state index in [1.54, 1.807) is 11.3 Å². The molecule has 0 spiro atoms. The minimum atomic E-state index is -0.432. The standard InChI is InChI=1S/C17H27N3O2S/c1-12-19-14(11-23-12)10-20-7-5-13(6-8-20)9-18-17(22)15-3-2-4-16(15)21/h11,13,15-16,21H,2-10H2,1H3,(H,18,22). The second-order valence-corrected chi connectivity index (χ2v) is 7.99. The van der Waals surface area contributed by atoms with Gasteiger partial charge in [-0.25, -0.2) is 4.98 Å². The molecule has 5 nitrogen and oxygen atoms in total. The minimum Gasteiger partial charge on any atom is -0.392 e. The first-order valence-electron chi connectivity index (χ1n) is 8.71. The van der Waals surface area contributed by atoms with Gasteiger partial charge in [-0.2, -0.15) is 0 Å². The molecule has 3 rings (SSSR count). The van der Waals surface area contributed by atoms with E-state index < -0.39 is 6.10 Å². The average molecular weight is 337 g/mol. The third kappa shape index (κ3) is 4.52. The fraction of sp³-hybridized carbons (Fsp3) is 0.765. The molecule has 2 N–H and O–H groups in total. The van der Waals surface area contributed by atoms with Crippen molar-refractivity contribution in [2.75, 3.05) is 19.6 Å². The lowest BCUT2D eigenvalue weighted by atomic mass is 9.96. The largest absolute Gasteiger partial charge is 0.392 e. The van der Waals surface area contributed by atoms with E-state index in [0.717, 1.165) is 63.3 Å². The molecule has 0 aromatic carbocycles. The molecular weight excluding hydrogens is 310 g/mol. The Hall–Kier alpha value is -0.980. The molecule has 6 heteroatoms. The Morgan fingerprint density at radius 3 is 2.78 bits per heavy atom. The summed E-state index contributed by atoms with van der Waals surface area (Å²) in [6.45, 7) is 5.89. The summed E-state index contributed by atoms with van der Waals surface area (Å²) in [6, 6.07) is 0. The third-order valence-electron chi connectivity index (χ3n) is 5.14. The molecule has 2 fully saturated rings. The second-order valence-electron chi connectivity index (χ2n) is 6.93. The van der Waals surface area contributed by atoms with Gasteiger partial charge in [-0.05, 0) is 58.0 Å². The van der Waals surface area contributed by atoms with E-state index in [1.165, 1.54) is 5.69 Å². The SMILES string of the molecule is Cc1nc(CN2CCC(CNC(=O)C3CCCC3O)CC2)cs1. The highest BCUT2D eigenvalue weighted by atomic mass is 32.1. The molecule has 1 saturated carbocycles. The van der Waals surface area contributed by atoms with Crippen molar-refractivity contribution >= 4 is 17.2 Å². The van der Waals surface area contributed by atoms with Gasteiger partial charge in [0, 0.05) is 18.5 Å². The van der Waals surface area contributed by atoms with Gasteiger partial charge in [-0.1, -0.05) is 0 Å². The van der Waals surface area contributed by atoms with Crippen LogP contribution in [0.25, 0.3) is 0 Å². The van der Waals surface area contributed by atoms with Crippen molar-refractivity contribution in [1.82, 2.24) is 15.2 Å². The molecule has 1 aromatic rings. The van der Waals surface area contributed by atoms with Gasteiger partial charge < -0.3 is 10.4 Å². The van der Waals surface area contributed by atoms with E-state index in [-0.39, 0.29) is 11.8 Å². The Bertz CT molecular complexity index is 526. The smallest absolute Gasteiger partial charge is 0.225 e. The van der Waals surface area contributed by atoms with Gasteiger partial charge >= 0.3 is 0 Å². The third-order valence-corrected chi connectivity index (χ3v) is 5.96. The van der Waals surface area contributed by atoms with Crippen LogP contribution in [-0.4, -0.2) is 46.6 Å². The van der Waals surface area contributed by atoms with Crippen molar-refractivity contribution in [1.29, 1.82) is 0 Å². The molecule has 2 atom stereocenters. The van der Waals surface area contributed by atoms with E-state index in [2.05, 4.69) is 20.6 Å². The summed E-state index contributed by atoms with van der Waals surface area (Å²) in [5.41, 5.74) is 1.18. The van der Waals surface area contributed by atoms with Crippen LogP contribution in [0.4, 0.5) is 0 Å². The van der Waals surface area contributed by atoms with Crippen LogP contribution in [0.2, 0.25) is 0 Å². The number of thiazole rings is 1. The van der Waals surface area contributed by atoms with Crippen LogP contribution in [0, 0.1) is 18.8 Å². The van der Waals surface area contributed by atoms with Gasteiger partial charge in [0.05, 0.1) is 22.7 Å². The number of aliphatic hydroxyl groups is 1. The summed E-state index contributed by atoms with van der Waals surface area (Å²) in [5, 5.41) is 16.1. The van der Waals surface area contributed by atoms with Crippen molar-refractivity contribution < 1.29 is 9.90 Å². The number of nitrogens with one attached hydrogen (secondary N) is 1. The maximum atomic E-state index is 12.1. The lowest BCUT2D eigenvalue weighted by Gasteiger charge is -2.31. The zero-order valence-electron chi connectivity index (χ0n) is 13.8. The highest BCUT2D eigenvalue weighted by molar-refractivity contribution is 7.09. The number of aliphatic hydroxyl groups excluding tert-OH is 1. The first-order chi connectivity index (χ1) is 11.1. The van der Waals surface area contributed by atoms with Gasteiger partial charge in [0.2, 0.25) is 5.91 Å². The van der Waals surface area contributed by atoms with Crippen molar-refractivity contribution in [3.05, 3.63) is 16.1 Å². The van der Waals surface area contributed by atoms with Crippen molar-refractivity contribution in [2.45, 2.75) is 51.7 Å². The Morgan fingerprint density at radius 1 is 1.39 bits per heavy atom. The molecule has 1 aliphatic heterocycles. The lowest BCUT2D eigenvalue weighted by molar-refractivity contribution is -0.127. The maximum Gasteiger partial charge on any atom is 0.225 e. The zero-order valence-corrected chi connectivity index (χ0v) is 14.6. The highest BCUT2D eigenvalue weighted by Crippen LogP contribution is 2.26. The van der Waals surface area contributed by atoms with Crippen LogP contribution in [0.3, 0.4) is 0 Å². The summed E-state index contributed by atoms with van der Waals surface area (Å²) in [6.07, 6.45) is 4.38. The summed E-state index contributed by atoms with van der Waals surface area (Å²) in [5.74, 6) is 0.435. The summed E-state index contributed by atoms with van der Waals surface area (Å²) in [4.78, 5) is 19.1. The van der Waals surface area contributed by atoms with Crippen molar-refractivity contribution in [3.63, 3.8) is 0 Å². The van der Waals surface area contributed by atoms with Crippen LogP contribution in [0.15, 0.2) is 5.38 Å². The number of carbonyl (C=O) groups excluding carboxylic acids is 1. The Labute approximate surface area is 142 Å². The molecule has 1 amide bonds. The van der Waals surface area contributed by atoms with Crippen LogP contribution in [0.5, 0.6) is 0 Å². The normalized spacial score (nSPS) is 26.5. The van der Waals surface area contributed by atoms with Crippen LogP contribution >= 0.6 is 11.3 Å². The summed E-state index contributed by atoms with van der Waals surface area (Å²) in [7, 11) is 0. The number of hydrogen-bond acceptors (Lipinski definition) is 5. The molecule has 2 aliphatic rings. The van der Waals surface area contributed by atoms with Gasteiger partial charge in [0.25, 0.3) is 0 Å². The average Bonchev–Trinajstić information content (AvgIpc) is 3.15. The summed E-state index contributed by atoms with van der Waals surface area (Å²) < 4.78 is 0. The fourth-order valence-corrected chi connectivity index (χ4v) is 4.28. The number of likely N-dealkylation sites (tertiary alicyclic amines) is 1. The fourth-order valence-electron chi connectivity index (χ4n) is 3.68.